The molecule has 5 nitrogen and oxygen atoms in total. The van der Waals surface area contributed by atoms with Crippen LogP contribution in [-0.2, 0) is 4.74 Å². The molecular weight excluding hydrogens is 360 g/mol. The van der Waals surface area contributed by atoms with Crippen molar-refractivity contribution >= 4 is 27.5 Å². The second-order valence-corrected chi connectivity index (χ2v) is 6.02. The number of ether oxygens (including phenoxy) is 1. The van der Waals surface area contributed by atoms with Crippen LogP contribution in [-0.4, -0.2) is 22.8 Å². The second kappa shape index (κ2) is 5.79. The van der Waals surface area contributed by atoms with Crippen LogP contribution >= 0.6 is 27.5 Å². The van der Waals surface area contributed by atoms with E-state index >= 15 is 0 Å². The summed E-state index contributed by atoms with van der Waals surface area (Å²) in [6.07, 6.45) is 0.639. The van der Waals surface area contributed by atoms with Crippen LogP contribution in [0.15, 0.2) is 38.3 Å². The largest absolute Gasteiger partial charge is 0.379 e. The summed E-state index contributed by atoms with van der Waals surface area (Å²) in [4.78, 5) is 27.4. The maximum atomic E-state index is 12.7. The van der Waals surface area contributed by atoms with Gasteiger partial charge in [0.15, 0.2) is 0 Å². The van der Waals surface area contributed by atoms with Crippen LogP contribution < -0.4 is 11.2 Å². The van der Waals surface area contributed by atoms with E-state index in [1.807, 2.05) is 18.2 Å². The molecule has 0 aliphatic carbocycles. The van der Waals surface area contributed by atoms with E-state index in [0.29, 0.717) is 25.2 Å². The van der Waals surface area contributed by atoms with Gasteiger partial charge in [-0.05, 0) is 12.5 Å². The second-order valence-electron chi connectivity index (χ2n) is 4.79. The van der Waals surface area contributed by atoms with Crippen LogP contribution in [0.3, 0.4) is 0 Å². The Bertz CT molecular complexity index is 794. The van der Waals surface area contributed by atoms with Gasteiger partial charge in [0.1, 0.15) is 5.15 Å². The standard InChI is InChI=1S/C14H12BrClN2O3/c15-10-4-2-1-3-9(10)11-12(16)17-14(20)18(13(11)19)8-5-6-21-7-8/h1-4,8H,5-7H2,(H,17,20). The molecule has 2 aromatic rings. The van der Waals surface area contributed by atoms with Crippen molar-refractivity contribution in [1.82, 2.24) is 9.55 Å². The minimum atomic E-state index is -0.503. The Labute approximate surface area is 133 Å². The van der Waals surface area contributed by atoms with Gasteiger partial charge >= 0.3 is 5.69 Å². The zero-order chi connectivity index (χ0) is 15.0. The predicted molar refractivity (Wildman–Crippen MR) is 83.9 cm³/mol. The maximum Gasteiger partial charge on any atom is 0.329 e. The Morgan fingerprint density at radius 3 is 2.76 bits per heavy atom. The monoisotopic (exact) mass is 370 g/mol. The molecule has 110 valence electrons. The molecular formula is C14H12BrClN2O3. The predicted octanol–water partition coefficient (Wildman–Crippen LogP) is 2.58. The Hall–Kier alpha value is -1.37. The lowest BCUT2D eigenvalue weighted by Crippen LogP contribution is -2.39. The Morgan fingerprint density at radius 1 is 1.33 bits per heavy atom. The first-order valence-electron chi connectivity index (χ1n) is 6.46. The quantitative estimate of drug-likeness (QED) is 0.825. The van der Waals surface area contributed by atoms with E-state index in [1.165, 1.54) is 4.57 Å². The Kier molecular flexibility index (Phi) is 4.01. The Balaban J connectivity index is 2.27. The highest BCUT2D eigenvalue weighted by Gasteiger charge is 2.24. The van der Waals surface area contributed by atoms with E-state index < -0.39 is 11.2 Å². The molecule has 1 aliphatic rings. The van der Waals surface area contributed by atoms with Gasteiger partial charge in [-0.25, -0.2) is 4.79 Å². The van der Waals surface area contributed by atoms with E-state index in [2.05, 4.69) is 20.9 Å². The molecule has 1 aromatic heterocycles. The van der Waals surface area contributed by atoms with Crippen molar-refractivity contribution in [3.05, 3.63) is 54.7 Å². The molecule has 1 aliphatic heterocycles. The molecule has 1 N–H and O–H groups in total. The number of benzene rings is 1. The zero-order valence-corrected chi connectivity index (χ0v) is 13.3. The van der Waals surface area contributed by atoms with E-state index in [4.69, 9.17) is 16.3 Å². The highest BCUT2D eigenvalue weighted by molar-refractivity contribution is 9.10. The molecule has 0 amide bonds. The highest BCUT2D eigenvalue weighted by atomic mass is 79.9. The fraction of sp³-hybridized carbons (Fsp3) is 0.286. The van der Waals surface area contributed by atoms with E-state index in [0.717, 1.165) is 4.47 Å². The van der Waals surface area contributed by atoms with Gasteiger partial charge in [0.25, 0.3) is 5.56 Å². The minimum Gasteiger partial charge on any atom is -0.379 e. The van der Waals surface area contributed by atoms with Crippen LogP contribution in [0.25, 0.3) is 11.1 Å². The van der Waals surface area contributed by atoms with Crippen LogP contribution in [0, 0.1) is 0 Å². The first-order valence-corrected chi connectivity index (χ1v) is 7.63. The van der Waals surface area contributed by atoms with Gasteiger partial charge in [-0.1, -0.05) is 45.7 Å². The molecule has 2 heterocycles. The normalized spacial score (nSPS) is 18.1. The number of aromatic amines is 1. The molecule has 1 aromatic carbocycles. The van der Waals surface area contributed by atoms with Gasteiger partial charge in [-0.3, -0.25) is 14.3 Å². The summed E-state index contributed by atoms with van der Waals surface area (Å²) in [6, 6.07) is 7.00. The molecule has 1 saturated heterocycles. The number of nitrogens with one attached hydrogen (secondary N) is 1. The summed E-state index contributed by atoms with van der Waals surface area (Å²) in [5, 5.41) is 0.0482. The summed E-state index contributed by atoms with van der Waals surface area (Å²) in [5.74, 6) is 0. The summed E-state index contributed by atoms with van der Waals surface area (Å²) in [6.45, 7) is 0.906. The third-order valence-corrected chi connectivity index (χ3v) is 4.48. The van der Waals surface area contributed by atoms with Crippen molar-refractivity contribution in [3.8, 4) is 11.1 Å². The summed E-state index contributed by atoms with van der Waals surface area (Å²) in [7, 11) is 0. The molecule has 1 atom stereocenters. The van der Waals surface area contributed by atoms with E-state index in [-0.39, 0.29) is 16.8 Å². The number of rotatable bonds is 2. The third-order valence-electron chi connectivity index (χ3n) is 3.50. The lowest BCUT2D eigenvalue weighted by Gasteiger charge is -2.14. The van der Waals surface area contributed by atoms with Gasteiger partial charge < -0.3 is 4.74 Å². The van der Waals surface area contributed by atoms with Crippen molar-refractivity contribution in [2.24, 2.45) is 0 Å². The molecule has 0 radical (unpaired) electrons. The zero-order valence-electron chi connectivity index (χ0n) is 10.9. The lowest BCUT2D eigenvalue weighted by atomic mass is 10.1. The van der Waals surface area contributed by atoms with Crippen LogP contribution in [0.4, 0.5) is 0 Å². The number of H-pyrrole nitrogens is 1. The van der Waals surface area contributed by atoms with Crippen molar-refractivity contribution in [2.75, 3.05) is 13.2 Å². The first kappa shape index (κ1) is 14.6. The van der Waals surface area contributed by atoms with Crippen LogP contribution in [0.2, 0.25) is 5.15 Å². The number of halogens is 2. The third kappa shape index (κ3) is 2.59. The number of nitrogens with zero attached hydrogens (tertiary/aromatic N) is 1. The first-order chi connectivity index (χ1) is 10.1. The number of aromatic nitrogens is 2. The molecule has 7 heteroatoms. The summed E-state index contributed by atoms with van der Waals surface area (Å²) >= 11 is 9.50. The lowest BCUT2D eigenvalue weighted by molar-refractivity contribution is 0.185. The fourth-order valence-electron chi connectivity index (χ4n) is 2.48. The smallest absolute Gasteiger partial charge is 0.329 e. The average molecular weight is 372 g/mol. The summed E-state index contributed by atoms with van der Waals surface area (Å²) < 4.78 is 7.21. The van der Waals surface area contributed by atoms with Crippen molar-refractivity contribution in [1.29, 1.82) is 0 Å². The van der Waals surface area contributed by atoms with Gasteiger partial charge in [-0.2, -0.15) is 0 Å². The van der Waals surface area contributed by atoms with Crippen LogP contribution in [0.1, 0.15) is 12.5 Å². The SMILES string of the molecule is O=c1[nH]c(Cl)c(-c2ccccc2Br)c(=O)n1C1CCOC1. The van der Waals surface area contributed by atoms with Crippen molar-refractivity contribution < 1.29 is 4.74 Å². The van der Waals surface area contributed by atoms with Crippen molar-refractivity contribution in [2.45, 2.75) is 12.5 Å². The highest BCUT2D eigenvalue weighted by Crippen LogP contribution is 2.29. The fourth-order valence-corrected chi connectivity index (χ4v) is 3.22. The van der Waals surface area contributed by atoms with Crippen molar-refractivity contribution in [3.63, 3.8) is 0 Å². The van der Waals surface area contributed by atoms with Gasteiger partial charge in [-0.15, -0.1) is 0 Å². The topological polar surface area (TPSA) is 64.1 Å². The molecule has 1 fully saturated rings. The van der Waals surface area contributed by atoms with Gasteiger partial charge in [0.05, 0.1) is 18.2 Å². The van der Waals surface area contributed by atoms with Crippen LogP contribution in [0.5, 0.6) is 0 Å². The minimum absolute atomic E-state index is 0.0482. The molecule has 3 rings (SSSR count). The molecule has 21 heavy (non-hydrogen) atoms. The van der Waals surface area contributed by atoms with E-state index in [1.54, 1.807) is 6.07 Å². The number of hydrogen-bond donors (Lipinski definition) is 1. The molecule has 0 saturated carbocycles. The van der Waals surface area contributed by atoms with E-state index in [9.17, 15) is 9.59 Å². The molecule has 0 bridgehead atoms. The Morgan fingerprint density at radius 2 is 2.10 bits per heavy atom. The van der Waals surface area contributed by atoms with Gasteiger partial charge in [0, 0.05) is 16.6 Å². The van der Waals surface area contributed by atoms with Gasteiger partial charge in [0.2, 0.25) is 0 Å². The average Bonchev–Trinajstić information content (AvgIpc) is 2.94. The summed E-state index contributed by atoms with van der Waals surface area (Å²) in [5.41, 5.74) is 0.0366. The molecule has 1 unspecified atom stereocenters. The maximum absolute atomic E-state index is 12.7. The molecule has 0 spiro atoms. The number of hydrogen-bond acceptors (Lipinski definition) is 3.